The Morgan fingerprint density at radius 3 is 2.29 bits per heavy atom. The molecule has 0 radical (unpaired) electrons. The summed E-state index contributed by atoms with van der Waals surface area (Å²) >= 11 is 0. The normalized spacial score (nSPS) is 12.0. The SMILES string of the molecule is COc1cc(O)ccc1S(=O)(=O)NCCOCCOCCNC(=O)C(F)(F)F. The molecule has 0 aliphatic heterocycles. The number of rotatable bonds is 12. The largest absolute Gasteiger partial charge is 0.508 e. The topological polar surface area (TPSA) is 123 Å². The number of aromatic hydroxyl groups is 1. The standard InChI is InChI=1S/C15H21F3N2O7S/c1-25-12-10-11(21)2-3-13(12)28(23,24)20-5-7-27-9-8-26-6-4-19-14(22)15(16,17)18/h2-3,10,20-21H,4-9H2,1H3,(H,19,22). The Morgan fingerprint density at radius 1 is 1.11 bits per heavy atom. The van der Waals surface area contributed by atoms with E-state index in [9.17, 15) is 31.5 Å². The van der Waals surface area contributed by atoms with Gasteiger partial charge in [0.25, 0.3) is 0 Å². The lowest BCUT2D eigenvalue weighted by Gasteiger charge is -2.11. The van der Waals surface area contributed by atoms with Gasteiger partial charge in [-0.15, -0.1) is 0 Å². The molecule has 9 nitrogen and oxygen atoms in total. The van der Waals surface area contributed by atoms with Gasteiger partial charge in [0.1, 0.15) is 16.4 Å². The van der Waals surface area contributed by atoms with Crippen LogP contribution in [0.4, 0.5) is 13.2 Å². The first-order valence-electron chi connectivity index (χ1n) is 7.95. The molecule has 0 aliphatic carbocycles. The van der Waals surface area contributed by atoms with E-state index in [1.165, 1.54) is 25.3 Å². The predicted molar refractivity (Wildman–Crippen MR) is 90.6 cm³/mol. The van der Waals surface area contributed by atoms with Crippen LogP contribution in [0.3, 0.4) is 0 Å². The van der Waals surface area contributed by atoms with E-state index in [4.69, 9.17) is 14.2 Å². The van der Waals surface area contributed by atoms with Gasteiger partial charge in [0.2, 0.25) is 10.0 Å². The zero-order valence-corrected chi connectivity index (χ0v) is 15.7. The molecule has 0 atom stereocenters. The molecule has 0 saturated carbocycles. The number of ether oxygens (including phenoxy) is 3. The van der Waals surface area contributed by atoms with E-state index in [1.807, 2.05) is 0 Å². The van der Waals surface area contributed by atoms with Crippen molar-refractivity contribution < 1.29 is 45.7 Å². The number of methoxy groups -OCH3 is 1. The van der Waals surface area contributed by atoms with Crippen LogP contribution in [0.15, 0.2) is 23.1 Å². The third-order valence-corrected chi connectivity index (χ3v) is 4.64. The first-order chi connectivity index (χ1) is 13.1. The van der Waals surface area contributed by atoms with Gasteiger partial charge >= 0.3 is 12.1 Å². The minimum atomic E-state index is -4.93. The minimum Gasteiger partial charge on any atom is -0.508 e. The molecule has 3 N–H and O–H groups in total. The lowest BCUT2D eigenvalue weighted by Crippen LogP contribution is -2.38. The van der Waals surface area contributed by atoms with E-state index in [0.717, 1.165) is 0 Å². The van der Waals surface area contributed by atoms with E-state index in [-0.39, 0.29) is 55.9 Å². The average molecular weight is 430 g/mol. The molecule has 1 aromatic rings. The summed E-state index contributed by atoms with van der Waals surface area (Å²) in [5.41, 5.74) is 0. The van der Waals surface area contributed by atoms with E-state index >= 15 is 0 Å². The molecule has 0 aromatic heterocycles. The van der Waals surface area contributed by atoms with Crippen LogP contribution in [0, 0.1) is 0 Å². The number of hydrogen-bond donors (Lipinski definition) is 3. The van der Waals surface area contributed by atoms with Crippen molar-refractivity contribution in [1.82, 2.24) is 10.0 Å². The Balaban J connectivity index is 2.18. The smallest absolute Gasteiger partial charge is 0.471 e. The molecule has 1 rings (SSSR count). The maximum Gasteiger partial charge on any atom is 0.471 e. The van der Waals surface area contributed by atoms with Gasteiger partial charge in [0.15, 0.2) is 0 Å². The monoisotopic (exact) mass is 430 g/mol. The van der Waals surface area contributed by atoms with Gasteiger partial charge in [-0.25, -0.2) is 13.1 Å². The maximum absolute atomic E-state index is 12.2. The maximum atomic E-state index is 12.2. The van der Waals surface area contributed by atoms with Gasteiger partial charge in [-0.3, -0.25) is 4.79 Å². The van der Waals surface area contributed by atoms with Crippen molar-refractivity contribution in [2.24, 2.45) is 0 Å². The molecule has 0 spiro atoms. The van der Waals surface area contributed by atoms with E-state index in [2.05, 4.69) is 4.72 Å². The number of amides is 1. The Hall–Kier alpha value is -2.09. The van der Waals surface area contributed by atoms with Gasteiger partial charge in [0, 0.05) is 19.2 Å². The number of alkyl halides is 3. The fraction of sp³-hybridized carbons (Fsp3) is 0.533. The van der Waals surface area contributed by atoms with Gasteiger partial charge in [-0.2, -0.15) is 13.2 Å². The fourth-order valence-electron chi connectivity index (χ4n) is 1.86. The molecule has 0 aliphatic rings. The molecule has 1 aromatic carbocycles. The van der Waals surface area contributed by atoms with Gasteiger partial charge < -0.3 is 24.6 Å². The fourth-order valence-corrected chi connectivity index (χ4v) is 3.03. The summed E-state index contributed by atoms with van der Waals surface area (Å²) in [5, 5.41) is 11.0. The van der Waals surface area contributed by atoms with Crippen molar-refractivity contribution in [3.63, 3.8) is 0 Å². The summed E-state index contributed by atoms with van der Waals surface area (Å²) in [7, 11) is -2.60. The summed E-state index contributed by atoms with van der Waals surface area (Å²) in [4.78, 5) is 10.4. The zero-order chi connectivity index (χ0) is 21.2. The first kappa shape index (κ1) is 23.9. The molecule has 13 heteroatoms. The van der Waals surface area contributed by atoms with Crippen LogP contribution in [0.2, 0.25) is 0 Å². The number of carbonyl (C=O) groups excluding carboxylic acids is 1. The van der Waals surface area contributed by atoms with Crippen LogP contribution >= 0.6 is 0 Å². The second-order valence-corrected chi connectivity index (χ2v) is 6.95. The van der Waals surface area contributed by atoms with Crippen LogP contribution in [0.25, 0.3) is 0 Å². The Bertz CT molecular complexity index is 742. The first-order valence-corrected chi connectivity index (χ1v) is 9.43. The summed E-state index contributed by atoms with van der Waals surface area (Å²) in [5.74, 6) is -2.19. The van der Waals surface area contributed by atoms with E-state index < -0.39 is 22.1 Å². The number of sulfonamides is 1. The van der Waals surface area contributed by atoms with Gasteiger partial charge in [-0.1, -0.05) is 0 Å². The molecule has 0 heterocycles. The molecule has 0 unspecified atom stereocenters. The third kappa shape index (κ3) is 8.29. The number of phenols is 1. The van der Waals surface area contributed by atoms with E-state index in [1.54, 1.807) is 5.32 Å². The Morgan fingerprint density at radius 2 is 1.71 bits per heavy atom. The predicted octanol–water partition coefficient (Wildman–Crippen LogP) is 0.391. The highest BCUT2D eigenvalue weighted by atomic mass is 32.2. The molecule has 0 fully saturated rings. The summed E-state index contributed by atoms with van der Waals surface area (Å²) < 4.78 is 77.4. The van der Waals surface area contributed by atoms with Gasteiger partial charge in [-0.05, 0) is 12.1 Å². The minimum absolute atomic E-state index is 0.0144. The number of benzene rings is 1. The lowest BCUT2D eigenvalue weighted by atomic mass is 10.3. The molecular formula is C15H21F3N2O7S. The highest BCUT2D eigenvalue weighted by Gasteiger charge is 2.38. The third-order valence-electron chi connectivity index (χ3n) is 3.14. The number of phenolic OH excluding ortho intramolecular Hbond substituents is 1. The number of hydrogen-bond acceptors (Lipinski definition) is 7. The van der Waals surface area contributed by atoms with Crippen LogP contribution in [0.5, 0.6) is 11.5 Å². The van der Waals surface area contributed by atoms with Crippen molar-refractivity contribution in [3.05, 3.63) is 18.2 Å². The summed E-state index contributed by atoms with van der Waals surface area (Å²) in [6, 6.07) is 3.57. The van der Waals surface area contributed by atoms with Crippen molar-refractivity contribution >= 4 is 15.9 Å². The molecule has 1 amide bonds. The zero-order valence-electron chi connectivity index (χ0n) is 14.9. The Kier molecular flexibility index (Phi) is 9.45. The molecule has 28 heavy (non-hydrogen) atoms. The van der Waals surface area contributed by atoms with Crippen LogP contribution in [-0.4, -0.2) is 72.2 Å². The van der Waals surface area contributed by atoms with Gasteiger partial charge in [0.05, 0.1) is 33.5 Å². The van der Waals surface area contributed by atoms with Crippen LogP contribution in [0.1, 0.15) is 0 Å². The molecule has 160 valence electrons. The molecular weight excluding hydrogens is 409 g/mol. The Labute approximate surface area is 159 Å². The molecule has 0 bridgehead atoms. The second kappa shape index (κ2) is 11.0. The summed E-state index contributed by atoms with van der Waals surface area (Å²) in [6.45, 7) is -0.315. The van der Waals surface area contributed by atoms with Crippen LogP contribution < -0.4 is 14.8 Å². The number of carbonyl (C=O) groups is 1. The number of nitrogens with one attached hydrogen (secondary N) is 2. The quantitative estimate of drug-likeness (QED) is 0.410. The van der Waals surface area contributed by atoms with Crippen molar-refractivity contribution in [2.45, 2.75) is 11.1 Å². The average Bonchev–Trinajstić information content (AvgIpc) is 2.61. The van der Waals surface area contributed by atoms with Crippen LogP contribution in [-0.2, 0) is 24.3 Å². The highest BCUT2D eigenvalue weighted by molar-refractivity contribution is 7.89. The lowest BCUT2D eigenvalue weighted by molar-refractivity contribution is -0.173. The van der Waals surface area contributed by atoms with Crippen molar-refractivity contribution in [3.8, 4) is 11.5 Å². The summed E-state index contributed by atoms with van der Waals surface area (Å²) in [6.07, 6.45) is -4.93. The van der Waals surface area contributed by atoms with Crippen molar-refractivity contribution in [2.75, 3.05) is 46.6 Å². The van der Waals surface area contributed by atoms with E-state index in [0.29, 0.717) is 0 Å². The van der Waals surface area contributed by atoms with Crippen molar-refractivity contribution in [1.29, 1.82) is 0 Å². The highest BCUT2D eigenvalue weighted by Crippen LogP contribution is 2.27. The second-order valence-electron chi connectivity index (χ2n) is 5.21. The number of halogens is 3. The molecule has 0 saturated heterocycles.